The molecule has 29 nitrogen and oxygen atoms in total. The van der Waals surface area contributed by atoms with E-state index in [1.54, 1.807) is 21.0 Å². The standard InChI is InChI=1S/C12H20O6.C12H20O.C11H18O.C10H14O3.C10H18O2.C10H16O.C9H16O4.C3H6O3.C2H4.4CO2/c1-11(2)14-5-6(16-11)8-7(13)9-10(15-8)18-12(3,4)17-9;1-4-6-8-11-9-10(3)12(13-11)7-5-2;1-4-6-10-8-9(3)11(12-10)7-5-2;1-4-5-7-6-8-9(11-7)13-10(2,3)12-8;1-3-5-8-7-9(11)10(12-8)6-4-2;1-4-6-10-8(3)7-9(5-2)11-10;1-5-6-8(11-7(5)10-4)13-9(2,3)12-6;1-3-5-6-4-2;1-2;4*2-1-3/h6-10,13H,5H2,1-4H3;5,11-12H,2-4,6-9H2,1H3;5,10-11H,2-4,6-8H2,1H3;4-6,8-9H,1-3H3;4,8-11H,2-3,5-7H2,1H3;4,9-10H,1,3,5-7H2,2H3;5-8H,1-4H3;3H,1H2,2H3;1-2H2;;;;/b;;;5-4+;;;;;;;;;/t6?,7-,8+,9+,10+;11-,12-;10-,11-;8-,9-;8-,9+,10-;9-,10-;5-,6-,7+,8-;;;;;;/m0001001....../s1. The normalized spacial score (nSPS) is 31.6. The molecule has 112 heavy (non-hydrogen) atoms. The van der Waals surface area contributed by atoms with E-state index >= 15 is 0 Å². The zero-order chi connectivity index (χ0) is 85.8. The van der Waals surface area contributed by atoms with Gasteiger partial charge >= 0.3 is 24.6 Å². The van der Waals surface area contributed by atoms with E-state index in [9.17, 15) is 10.2 Å². The van der Waals surface area contributed by atoms with Crippen LogP contribution in [0.4, 0.5) is 0 Å². The van der Waals surface area contributed by atoms with Gasteiger partial charge in [-0.1, -0.05) is 117 Å². The van der Waals surface area contributed by atoms with Gasteiger partial charge in [-0.15, -0.1) is 39.5 Å². The molecule has 638 valence electrons. The van der Waals surface area contributed by atoms with Crippen molar-refractivity contribution in [3.8, 4) is 0 Å². The minimum Gasteiger partial charge on any atom is -0.462 e. The van der Waals surface area contributed by atoms with Gasteiger partial charge in [0.1, 0.15) is 48.6 Å². The first-order valence-corrected chi connectivity index (χ1v) is 37.7. The lowest BCUT2D eigenvalue weighted by Gasteiger charge is -2.26. The Morgan fingerprint density at radius 3 is 1.37 bits per heavy atom. The molecule has 0 saturated carbocycles. The van der Waals surface area contributed by atoms with Crippen LogP contribution < -0.4 is 0 Å². The Balaban J connectivity index is 0. The van der Waals surface area contributed by atoms with Gasteiger partial charge < -0.3 is 90.9 Å². The monoisotopic (exact) mass is 1590 g/mol. The van der Waals surface area contributed by atoms with Crippen LogP contribution in [-0.4, -0.2) is 196 Å². The second-order valence-electron chi connectivity index (χ2n) is 28.1. The molecule has 0 aliphatic carbocycles. The first-order valence-electron chi connectivity index (χ1n) is 37.7. The van der Waals surface area contributed by atoms with Crippen LogP contribution in [0.2, 0.25) is 0 Å². The van der Waals surface area contributed by atoms with Crippen LogP contribution in [0.1, 0.15) is 200 Å². The molecule has 10 saturated heterocycles. The van der Waals surface area contributed by atoms with Crippen molar-refractivity contribution in [1.29, 1.82) is 0 Å². The van der Waals surface area contributed by atoms with Crippen molar-refractivity contribution in [2.75, 3.05) is 20.8 Å². The van der Waals surface area contributed by atoms with E-state index in [0.29, 0.717) is 24.9 Å². The zero-order valence-corrected chi connectivity index (χ0v) is 69.2. The number of hydrogen-bond acceptors (Lipinski definition) is 29. The molecule has 0 aromatic carbocycles. The largest absolute Gasteiger partial charge is 0.462 e. The Hall–Kier alpha value is -6.50. The van der Waals surface area contributed by atoms with Crippen LogP contribution in [0.5, 0.6) is 0 Å². The van der Waals surface area contributed by atoms with E-state index in [1.165, 1.54) is 49.5 Å². The molecule has 11 rings (SSSR count). The number of allylic oxidation sites excluding steroid dienone is 2. The maximum atomic E-state index is 10.3. The molecule has 20 atom stereocenters. The van der Waals surface area contributed by atoms with Gasteiger partial charge in [0.05, 0.1) is 68.7 Å². The molecule has 29 heteroatoms. The quantitative estimate of drug-likeness (QED) is 0.0334. The number of aliphatic hydroxyl groups excluding tert-OH is 2. The zero-order valence-electron chi connectivity index (χ0n) is 69.2. The fourth-order valence-corrected chi connectivity index (χ4v) is 12.8. The van der Waals surface area contributed by atoms with Gasteiger partial charge in [0.15, 0.2) is 42.0 Å². The van der Waals surface area contributed by atoms with Crippen molar-refractivity contribution in [3.63, 3.8) is 0 Å². The van der Waals surface area contributed by atoms with Gasteiger partial charge in [0.2, 0.25) is 6.29 Å². The topological polar surface area (TPSA) is 352 Å². The number of unbranched alkanes of at least 4 members (excludes halogenated alkanes) is 1. The highest BCUT2D eigenvalue weighted by Crippen LogP contribution is 2.43. The lowest BCUT2D eigenvalue weighted by Crippen LogP contribution is -2.42. The number of ether oxygens (including phenoxy) is 16. The van der Waals surface area contributed by atoms with Crippen LogP contribution >= 0.6 is 0 Å². The molecule has 1 unspecified atom stereocenters. The van der Waals surface area contributed by atoms with Crippen molar-refractivity contribution in [2.45, 2.75) is 340 Å². The summed E-state index contributed by atoms with van der Waals surface area (Å²) in [6.07, 6.45) is 30.9. The van der Waals surface area contributed by atoms with E-state index < -0.39 is 47.8 Å². The van der Waals surface area contributed by atoms with Crippen LogP contribution in [0.3, 0.4) is 0 Å². The lowest BCUT2D eigenvalue weighted by molar-refractivity contribution is -0.478. The number of methoxy groups -OCH3 is 1. The van der Waals surface area contributed by atoms with E-state index in [2.05, 4.69) is 108 Å². The van der Waals surface area contributed by atoms with Crippen LogP contribution in [0, 0.1) is 5.92 Å². The van der Waals surface area contributed by atoms with Gasteiger partial charge in [0.25, 0.3) is 0 Å². The molecule has 0 amide bonds. The molecule has 0 bridgehead atoms. The summed E-state index contributed by atoms with van der Waals surface area (Å²) >= 11 is 0. The average Bonchev–Trinajstić information content (AvgIpc) is 1.62. The third kappa shape index (κ3) is 41.2. The summed E-state index contributed by atoms with van der Waals surface area (Å²) in [4.78, 5) is 73.0. The average molecular weight is 1590 g/mol. The maximum Gasteiger partial charge on any atom is 0.373 e. The highest BCUT2D eigenvalue weighted by Gasteiger charge is 2.58. The Morgan fingerprint density at radius 1 is 0.536 bits per heavy atom. The minimum absolute atomic E-state index is 0.0000463. The van der Waals surface area contributed by atoms with Gasteiger partial charge in [-0.3, -0.25) is 0 Å². The Labute approximate surface area is 664 Å². The summed E-state index contributed by atoms with van der Waals surface area (Å²) in [6, 6.07) is 0. The smallest absolute Gasteiger partial charge is 0.373 e. The summed E-state index contributed by atoms with van der Waals surface area (Å²) < 4.78 is 89.6. The van der Waals surface area contributed by atoms with Crippen LogP contribution in [-0.2, 0) is 129 Å². The highest BCUT2D eigenvalue weighted by molar-refractivity contribution is 5.21. The third-order valence-corrected chi connectivity index (χ3v) is 17.5. The number of fused-ring (bicyclic) bond motifs is 3. The Bertz CT molecular complexity index is 2850. The van der Waals surface area contributed by atoms with Gasteiger partial charge in [0, 0.05) is 19.4 Å². The number of rotatable bonds is 22. The summed E-state index contributed by atoms with van der Waals surface area (Å²) in [5.74, 6) is -1.35. The molecular formula is C83H132O29. The van der Waals surface area contributed by atoms with Crippen molar-refractivity contribution in [1.82, 2.24) is 0 Å². The second-order valence-corrected chi connectivity index (χ2v) is 28.1. The molecule has 11 aliphatic rings. The van der Waals surface area contributed by atoms with Crippen molar-refractivity contribution in [3.05, 3.63) is 137 Å². The molecule has 11 heterocycles. The number of hydrogen-bond donors (Lipinski definition) is 2. The summed E-state index contributed by atoms with van der Waals surface area (Å²) in [5, 5.41) is 23.7. The fourth-order valence-electron chi connectivity index (χ4n) is 12.8. The molecule has 2 N–H and O–H groups in total. The molecule has 0 aromatic heterocycles. The molecule has 0 radical (unpaired) electrons. The molecular weight excluding hydrogens is 1460 g/mol. The molecule has 0 aromatic rings. The van der Waals surface area contributed by atoms with E-state index in [1.807, 2.05) is 97.9 Å². The van der Waals surface area contributed by atoms with Crippen LogP contribution in [0.25, 0.3) is 0 Å². The predicted octanol–water partition coefficient (Wildman–Crippen LogP) is 13.6. The minimum atomic E-state index is -0.765. The summed E-state index contributed by atoms with van der Waals surface area (Å²) in [7, 11) is 2.97. The second kappa shape index (κ2) is 59.2. The summed E-state index contributed by atoms with van der Waals surface area (Å²) in [5.41, 5.74) is 3.73. The van der Waals surface area contributed by atoms with Crippen molar-refractivity contribution < 1.29 is 139 Å². The van der Waals surface area contributed by atoms with Crippen LogP contribution in [0.15, 0.2) is 137 Å². The van der Waals surface area contributed by atoms with Gasteiger partial charge in [-0.2, -0.15) is 43.2 Å². The van der Waals surface area contributed by atoms with E-state index in [4.69, 9.17) is 114 Å². The third-order valence-electron chi connectivity index (χ3n) is 17.5. The molecule has 10 fully saturated rings. The Morgan fingerprint density at radius 2 is 0.982 bits per heavy atom. The van der Waals surface area contributed by atoms with E-state index in [0.717, 1.165) is 89.1 Å². The van der Waals surface area contributed by atoms with Gasteiger partial charge in [-0.25, -0.2) is 0 Å². The SMILES string of the molecule is C/C=C/C1=C[C@H]2OC(C)(C)O[C@H]2O1.C=C.C=CC[C@@H]1O[C@@H](CC)CC1=C.C=CC[C@@H]1O[C@@H](CCC)CC1=C.C=CC[C@@H]1O[C@@H](CCC)C[C@H]1O.C=CC[C@@H]1O[C@@H](CCCC)CC1=C.C=COOOC.CC1(C)OCC([C@H]2O[C@@H]3OC(C)(C)O[C@@H]3[C@H]2O)O1.CO[C@H]1O[C@@H]2OC(C)(C)O[C@@H]2[C@H]1C.O=C=O.O=C=O.O=C=O.O=C=O. The lowest BCUT2D eigenvalue weighted by atomic mass is 10.0. The maximum absolute atomic E-state index is 10.3. The number of aliphatic hydroxyl groups is 2. The number of carbonyl (C=O) groups excluding carboxylic acids is 8. The van der Waals surface area contributed by atoms with Gasteiger partial charge in [-0.05, 0) is 167 Å². The fraction of sp³-hybridized carbons (Fsp3) is 0.687. The first-order chi connectivity index (χ1) is 53.1. The van der Waals surface area contributed by atoms with E-state index in [-0.39, 0.29) is 104 Å². The van der Waals surface area contributed by atoms with Crippen molar-refractivity contribution in [2.24, 2.45) is 5.92 Å². The first kappa shape index (κ1) is 108. The molecule has 0 spiro atoms. The highest BCUT2D eigenvalue weighted by atomic mass is 17.5. The Kier molecular flexibility index (Phi) is 56.9. The molecule has 11 aliphatic heterocycles. The summed E-state index contributed by atoms with van der Waals surface area (Å²) in [6.45, 7) is 63.9. The van der Waals surface area contributed by atoms with Crippen molar-refractivity contribution >= 4 is 24.6 Å². The predicted molar refractivity (Wildman–Crippen MR) is 408 cm³/mol.